The van der Waals surface area contributed by atoms with E-state index in [1.165, 1.54) is 0 Å². The maximum atomic E-state index is 14.8. The summed E-state index contributed by atoms with van der Waals surface area (Å²) in [6.07, 6.45) is -0.369. The van der Waals surface area contributed by atoms with Crippen molar-refractivity contribution >= 4 is 5.69 Å². The molecule has 0 aromatic heterocycles. The first-order valence-corrected chi connectivity index (χ1v) is 9.19. The molecule has 1 fully saturated rings. The summed E-state index contributed by atoms with van der Waals surface area (Å²) in [6, 6.07) is 8.35. The van der Waals surface area contributed by atoms with E-state index in [0.717, 1.165) is 18.2 Å². The average Bonchev–Trinajstić information content (AvgIpc) is 2.70. The van der Waals surface area contributed by atoms with Crippen LogP contribution in [0.2, 0.25) is 0 Å². The summed E-state index contributed by atoms with van der Waals surface area (Å²) in [7, 11) is 3.51. The van der Waals surface area contributed by atoms with Crippen LogP contribution < -0.4 is 9.64 Å². The lowest BCUT2D eigenvalue weighted by Gasteiger charge is -2.33. The largest absolute Gasteiger partial charge is 0.488 e. The van der Waals surface area contributed by atoms with Gasteiger partial charge in [-0.3, -0.25) is 4.90 Å². The Morgan fingerprint density at radius 2 is 2.03 bits per heavy atom. The molecule has 0 saturated carbocycles. The van der Waals surface area contributed by atoms with Crippen molar-refractivity contribution in [1.29, 1.82) is 5.26 Å². The number of morpholine rings is 1. The molecule has 1 unspecified atom stereocenters. The van der Waals surface area contributed by atoms with Gasteiger partial charge in [-0.2, -0.15) is 5.26 Å². The summed E-state index contributed by atoms with van der Waals surface area (Å²) in [5.41, 5.74) is 0.964. The van der Waals surface area contributed by atoms with E-state index in [0.29, 0.717) is 37.5 Å². The van der Waals surface area contributed by atoms with E-state index in [1.807, 2.05) is 11.0 Å². The number of anilines is 1. The number of halogens is 3. The first kappa shape index (κ1) is 21.0. The molecule has 0 amide bonds. The van der Waals surface area contributed by atoms with Crippen molar-refractivity contribution in [2.24, 2.45) is 0 Å². The number of benzene rings is 2. The van der Waals surface area contributed by atoms with Crippen molar-refractivity contribution < 1.29 is 22.6 Å². The minimum Gasteiger partial charge on any atom is -0.488 e. The SMILES string of the molecule is CN(C)c1ccc(CN2CCOC(COc3cc(F)ccc3F)C2)c(F)c1C#N. The predicted molar refractivity (Wildman–Crippen MR) is 102 cm³/mol. The molecule has 8 heteroatoms. The Hall–Kier alpha value is -2.76. The Morgan fingerprint density at radius 1 is 1.24 bits per heavy atom. The third-order valence-electron chi connectivity index (χ3n) is 4.73. The van der Waals surface area contributed by atoms with Crippen LogP contribution in [-0.4, -0.2) is 51.4 Å². The molecule has 3 rings (SSSR count). The zero-order valence-corrected chi connectivity index (χ0v) is 16.3. The van der Waals surface area contributed by atoms with E-state index in [4.69, 9.17) is 9.47 Å². The number of nitrogens with zero attached hydrogens (tertiary/aromatic N) is 3. The molecule has 0 aliphatic carbocycles. The van der Waals surface area contributed by atoms with Crippen LogP contribution >= 0.6 is 0 Å². The molecule has 1 atom stereocenters. The molecule has 1 saturated heterocycles. The highest BCUT2D eigenvalue weighted by molar-refractivity contribution is 5.60. The molecular formula is C21H22F3N3O2. The minimum absolute atomic E-state index is 0.0159. The van der Waals surface area contributed by atoms with Crippen molar-refractivity contribution in [1.82, 2.24) is 4.90 Å². The third-order valence-corrected chi connectivity index (χ3v) is 4.73. The Kier molecular flexibility index (Phi) is 6.62. The zero-order chi connectivity index (χ0) is 21.0. The fraction of sp³-hybridized carbons (Fsp3) is 0.381. The van der Waals surface area contributed by atoms with Crippen LogP contribution in [0.1, 0.15) is 11.1 Å². The van der Waals surface area contributed by atoms with Crippen molar-refractivity contribution in [3.8, 4) is 11.8 Å². The lowest BCUT2D eigenvalue weighted by molar-refractivity contribution is -0.0511. The lowest BCUT2D eigenvalue weighted by Crippen LogP contribution is -2.44. The maximum absolute atomic E-state index is 14.8. The average molecular weight is 405 g/mol. The van der Waals surface area contributed by atoms with Crippen LogP contribution in [0.5, 0.6) is 5.75 Å². The number of ether oxygens (including phenoxy) is 2. The molecule has 0 bridgehead atoms. The van der Waals surface area contributed by atoms with Crippen LogP contribution in [0, 0.1) is 28.8 Å². The maximum Gasteiger partial charge on any atom is 0.165 e. The predicted octanol–water partition coefficient (Wildman–Crippen LogP) is 3.32. The quantitative estimate of drug-likeness (QED) is 0.738. The van der Waals surface area contributed by atoms with Crippen LogP contribution in [0.3, 0.4) is 0 Å². The molecule has 1 heterocycles. The summed E-state index contributed by atoms with van der Waals surface area (Å²) in [4.78, 5) is 3.67. The summed E-state index contributed by atoms with van der Waals surface area (Å²) in [5.74, 6) is -1.93. The van der Waals surface area contributed by atoms with Gasteiger partial charge in [0.25, 0.3) is 0 Å². The van der Waals surface area contributed by atoms with Gasteiger partial charge in [-0.25, -0.2) is 13.2 Å². The van der Waals surface area contributed by atoms with Crippen molar-refractivity contribution in [2.45, 2.75) is 12.6 Å². The van der Waals surface area contributed by atoms with Crippen LogP contribution in [0.25, 0.3) is 0 Å². The number of nitriles is 1. The molecule has 29 heavy (non-hydrogen) atoms. The molecule has 0 spiro atoms. The first-order valence-electron chi connectivity index (χ1n) is 9.19. The van der Waals surface area contributed by atoms with Crippen molar-refractivity contribution in [2.75, 3.05) is 45.3 Å². The van der Waals surface area contributed by atoms with Gasteiger partial charge in [0, 0.05) is 45.4 Å². The molecule has 0 radical (unpaired) electrons. The Morgan fingerprint density at radius 3 is 2.76 bits per heavy atom. The smallest absolute Gasteiger partial charge is 0.165 e. The number of rotatable bonds is 6. The Bertz CT molecular complexity index is 915. The van der Waals surface area contributed by atoms with Gasteiger partial charge >= 0.3 is 0 Å². The Balaban J connectivity index is 1.64. The Labute approximate surface area is 167 Å². The van der Waals surface area contributed by atoms with Gasteiger partial charge in [-0.05, 0) is 18.2 Å². The molecule has 1 aliphatic heterocycles. The molecular weight excluding hydrogens is 383 g/mol. The van der Waals surface area contributed by atoms with Gasteiger partial charge < -0.3 is 14.4 Å². The fourth-order valence-electron chi connectivity index (χ4n) is 3.25. The van der Waals surface area contributed by atoms with Crippen LogP contribution in [0.15, 0.2) is 30.3 Å². The summed E-state index contributed by atoms with van der Waals surface area (Å²) < 4.78 is 52.7. The zero-order valence-electron chi connectivity index (χ0n) is 16.3. The fourth-order valence-corrected chi connectivity index (χ4v) is 3.25. The number of hydrogen-bond donors (Lipinski definition) is 0. The lowest BCUT2D eigenvalue weighted by atomic mass is 10.1. The second kappa shape index (κ2) is 9.16. The first-order chi connectivity index (χ1) is 13.9. The molecule has 1 aliphatic rings. The van der Waals surface area contributed by atoms with E-state index >= 15 is 0 Å². The van der Waals surface area contributed by atoms with E-state index < -0.39 is 17.5 Å². The highest BCUT2D eigenvalue weighted by Gasteiger charge is 2.24. The summed E-state index contributed by atoms with van der Waals surface area (Å²) in [6.45, 7) is 1.78. The standard InChI is InChI=1S/C21H22F3N3O2/c1-26(2)19-6-3-14(21(24)17(19)10-25)11-27-7-8-28-16(12-27)13-29-20-9-15(22)4-5-18(20)23/h3-6,9,16H,7-8,11-13H2,1-2H3. The van der Waals surface area contributed by atoms with E-state index in [1.54, 1.807) is 31.1 Å². The monoisotopic (exact) mass is 405 g/mol. The van der Waals surface area contributed by atoms with Gasteiger partial charge in [0.2, 0.25) is 0 Å². The van der Waals surface area contributed by atoms with Gasteiger partial charge in [0.1, 0.15) is 36.0 Å². The third kappa shape index (κ3) is 5.00. The second-order valence-electron chi connectivity index (χ2n) is 7.05. The molecule has 0 N–H and O–H groups in total. The molecule has 2 aromatic carbocycles. The second-order valence-corrected chi connectivity index (χ2v) is 7.05. The highest BCUT2D eigenvalue weighted by atomic mass is 19.1. The van der Waals surface area contributed by atoms with Crippen LogP contribution in [0.4, 0.5) is 18.9 Å². The van der Waals surface area contributed by atoms with E-state index in [9.17, 15) is 18.4 Å². The topological polar surface area (TPSA) is 48.7 Å². The molecule has 154 valence electrons. The van der Waals surface area contributed by atoms with E-state index in [-0.39, 0.29) is 24.0 Å². The molecule has 2 aromatic rings. The normalized spacial score (nSPS) is 17.0. The minimum atomic E-state index is -0.647. The van der Waals surface area contributed by atoms with Gasteiger partial charge in [-0.1, -0.05) is 6.07 Å². The molecule has 5 nitrogen and oxygen atoms in total. The summed E-state index contributed by atoms with van der Waals surface area (Å²) in [5, 5.41) is 9.32. The van der Waals surface area contributed by atoms with Gasteiger partial charge in [-0.15, -0.1) is 0 Å². The van der Waals surface area contributed by atoms with Gasteiger partial charge in [0.05, 0.1) is 12.3 Å². The van der Waals surface area contributed by atoms with Crippen LogP contribution in [-0.2, 0) is 11.3 Å². The highest BCUT2D eigenvalue weighted by Crippen LogP contribution is 2.25. The van der Waals surface area contributed by atoms with E-state index in [2.05, 4.69) is 0 Å². The van der Waals surface area contributed by atoms with Crippen molar-refractivity contribution in [3.63, 3.8) is 0 Å². The van der Waals surface area contributed by atoms with Crippen molar-refractivity contribution in [3.05, 3.63) is 58.9 Å². The summed E-state index contributed by atoms with van der Waals surface area (Å²) >= 11 is 0. The number of hydrogen-bond acceptors (Lipinski definition) is 5. The van der Waals surface area contributed by atoms with Gasteiger partial charge in [0.15, 0.2) is 11.6 Å².